The van der Waals surface area contributed by atoms with E-state index in [2.05, 4.69) is 18.4 Å². The van der Waals surface area contributed by atoms with Gasteiger partial charge in [-0.15, -0.1) is 0 Å². The van der Waals surface area contributed by atoms with Crippen molar-refractivity contribution >= 4 is 5.97 Å². The van der Waals surface area contributed by atoms with E-state index in [-0.39, 0.29) is 11.8 Å². The van der Waals surface area contributed by atoms with Gasteiger partial charge in [0.1, 0.15) is 85.5 Å². The van der Waals surface area contributed by atoms with Gasteiger partial charge in [0.2, 0.25) is 12.1 Å². The smallest absolute Gasteiger partial charge is 0.314 e. The van der Waals surface area contributed by atoms with Crippen molar-refractivity contribution in [2.45, 2.75) is 206 Å². The van der Waals surface area contributed by atoms with Crippen LogP contribution in [0.1, 0.15) is 71.6 Å². The highest BCUT2D eigenvalue weighted by molar-refractivity contribution is 5.77. The van der Waals surface area contributed by atoms with Crippen LogP contribution in [0.4, 0.5) is 0 Å². The molecule has 0 amide bonds. The fourth-order valence-electron chi connectivity index (χ4n) is 14.1. The number of fused-ring (bicyclic) bond motifs is 3. The minimum absolute atomic E-state index is 0.0549. The lowest BCUT2D eigenvalue weighted by molar-refractivity contribution is -0.415. The van der Waals surface area contributed by atoms with Crippen molar-refractivity contribution in [1.82, 2.24) is 0 Å². The van der Waals surface area contributed by atoms with Gasteiger partial charge in [0.25, 0.3) is 0 Å². The maximum Gasteiger partial charge on any atom is 0.314 e. The van der Waals surface area contributed by atoms with E-state index in [0.717, 1.165) is 0 Å². The Morgan fingerprint density at radius 2 is 1.09 bits per heavy atom. The highest BCUT2D eigenvalue weighted by atomic mass is 17.1. The van der Waals surface area contributed by atoms with Crippen molar-refractivity contribution in [1.29, 1.82) is 0 Å². The molecule has 4 aliphatic heterocycles. The molecule has 426 valence electrons. The summed E-state index contributed by atoms with van der Waals surface area (Å²) in [5.74, 6) is -3.96. The first-order valence-corrected chi connectivity index (χ1v) is 25.3. The average Bonchev–Trinajstić information content (AvgIpc) is 3.58. The van der Waals surface area contributed by atoms with E-state index in [1.54, 1.807) is 6.92 Å². The van der Waals surface area contributed by atoms with E-state index in [1.807, 2.05) is 0 Å². The predicted octanol–water partition coefficient (Wildman–Crippen LogP) is -5.92. The monoisotopic (exact) mass is 1070 g/mol. The normalized spacial score (nSPS) is 50.8. The predicted molar refractivity (Wildman–Crippen MR) is 239 cm³/mol. The van der Waals surface area contributed by atoms with Gasteiger partial charge < -0.3 is 119 Å². The second kappa shape index (κ2) is 22.4. The highest BCUT2D eigenvalue weighted by Crippen LogP contribution is 2.74. The Bertz CT molecular complexity index is 1930. The average molecular weight is 1070 g/mol. The first-order valence-electron chi connectivity index (χ1n) is 25.3. The molecule has 8 aliphatic rings. The Morgan fingerprint density at radius 3 is 1.62 bits per heavy atom. The summed E-state index contributed by atoms with van der Waals surface area (Å²) in [6.07, 6.45) is -30.7. The lowest BCUT2D eigenvalue weighted by atomic mass is 9.41. The zero-order valence-corrected chi connectivity index (χ0v) is 41.2. The van der Waals surface area contributed by atoms with Crippen LogP contribution in [-0.2, 0) is 52.3 Å². The Kier molecular flexibility index (Phi) is 17.7. The number of ether oxygens (including phenoxy) is 9. The number of carbonyl (C=O) groups excluding carboxylic acids is 1. The molecule has 8 rings (SSSR count). The van der Waals surface area contributed by atoms with E-state index >= 15 is 4.79 Å². The molecule has 4 aliphatic carbocycles. The quantitative estimate of drug-likeness (QED) is 0.0161. The number of hydrogen-bond donors (Lipinski definition) is 16. The van der Waals surface area contributed by atoms with E-state index < -0.39 is 196 Å². The number of aliphatic hydroxyl groups is 15. The molecule has 4 saturated heterocycles. The molecule has 0 aromatic carbocycles. The summed E-state index contributed by atoms with van der Waals surface area (Å²) >= 11 is 0. The van der Waals surface area contributed by atoms with Crippen molar-refractivity contribution in [2.75, 3.05) is 39.6 Å². The molecular formula is C47H76O27. The molecule has 8 fully saturated rings. The van der Waals surface area contributed by atoms with Crippen LogP contribution in [0, 0.1) is 28.1 Å². The second-order valence-electron chi connectivity index (χ2n) is 22.2. The maximum atomic E-state index is 15.1. The highest BCUT2D eigenvalue weighted by Gasteiger charge is 2.70. The number of esters is 1. The van der Waals surface area contributed by atoms with Crippen LogP contribution in [0.2, 0.25) is 0 Å². The lowest BCUT2D eigenvalue weighted by Gasteiger charge is -2.64. The molecule has 21 unspecified atom stereocenters. The molecular weight excluding hydrogens is 996 g/mol. The molecule has 26 atom stereocenters. The molecule has 0 aromatic heterocycles. The van der Waals surface area contributed by atoms with Crippen molar-refractivity contribution in [3.63, 3.8) is 0 Å². The molecule has 0 aromatic rings. The summed E-state index contributed by atoms with van der Waals surface area (Å²) in [5, 5.41) is 168. The van der Waals surface area contributed by atoms with E-state index in [1.165, 1.54) is 0 Å². The summed E-state index contributed by atoms with van der Waals surface area (Å²) in [6.45, 7) is 2.63. The Labute approximate surface area is 425 Å². The molecule has 4 saturated carbocycles. The third kappa shape index (κ3) is 10.0. The molecule has 1 spiro atoms. The van der Waals surface area contributed by atoms with E-state index in [4.69, 9.17) is 42.6 Å². The van der Waals surface area contributed by atoms with Gasteiger partial charge in [0.05, 0.1) is 50.7 Å². The third-order valence-electron chi connectivity index (χ3n) is 18.0. The minimum atomic E-state index is -2.76. The number of hydrogen-bond acceptors (Lipinski definition) is 27. The van der Waals surface area contributed by atoms with Gasteiger partial charge in [-0.25, -0.2) is 4.89 Å². The fourth-order valence-corrected chi connectivity index (χ4v) is 14.1. The number of aliphatic hydroxyl groups excluding tert-OH is 14. The number of carbonyl (C=O) groups is 1. The third-order valence-corrected chi connectivity index (χ3v) is 18.0. The van der Waals surface area contributed by atoms with Crippen LogP contribution in [0.3, 0.4) is 0 Å². The molecule has 2 bridgehead atoms. The van der Waals surface area contributed by atoms with Gasteiger partial charge in [-0.1, -0.05) is 19.9 Å². The van der Waals surface area contributed by atoms with Gasteiger partial charge in [0, 0.05) is 0 Å². The summed E-state index contributed by atoms with van der Waals surface area (Å²) in [5.41, 5.74) is -2.70. The molecule has 27 nitrogen and oxygen atoms in total. The summed E-state index contributed by atoms with van der Waals surface area (Å²) in [7, 11) is 0. The van der Waals surface area contributed by atoms with Crippen LogP contribution >= 0.6 is 0 Å². The lowest BCUT2D eigenvalue weighted by Crippen LogP contribution is -2.67. The zero-order valence-electron chi connectivity index (χ0n) is 41.2. The summed E-state index contributed by atoms with van der Waals surface area (Å²) in [6, 6.07) is 0. The van der Waals surface area contributed by atoms with Crippen molar-refractivity contribution in [3.8, 4) is 0 Å². The summed E-state index contributed by atoms with van der Waals surface area (Å²) in [4.78, 5) is 19.8. The first kappa shape index (κ1) is 58.4. The Hall–Kier alpha value is -1.79. The fraction of sp³-hybridized carbons (Fsp3) is 0.936. The van der Waals surface area contributed by atoms with E-state index in [0.29, 0.717) is 63.4 Å². The number of rotatable bonds is 17. The molecule has 0 radical (unpaired) electrons. The Balaban J connectivity index is 1.04. The zero-order chi connectivity index (χ0) is 54.0. The second-order valence-corrected chi connectivity index (χ2v) is 22.2. The van der Waals surface area contributed by atoms with Gasteiger partial charge in [0.15, 0.2) is 31.1 Å². The van der Waals surface area contributed by atoms with Crippen LogP contribution < -0.4 is 0 Å². The largest absolute Gasteiger partial charge is 0.432 e. The summed E-state index contributed by atoms with van der Waals surface area (Å²) < 4.78 is 53.9. The topological polar surface area (TPSA) is 433 Å². The van der Waals surface area contributed by atoms with Gasteiger partial charge in [-0.3, -0.25) is 10.1 Å². The van der Waals surface area contributed by atoms with Crippen molar-refractivity contribution < 1.29 is 134 Å². The van der Waals surface area contributed by atoms with Gasteiger partial charge in [-0.2, -0.15) is 0 Å². The molecule has 4 heterocycles. The van der Waals surface area contributed by atoms with Gasteiger partial charge >= 0.3 is 5.97 Å². The minimum Gasteiger partial charge on any atom is -0.432 e. The molecule has 16 N–H and O–H groups in total. The molecule has 74 heavy (non-hydrogen) atoms. The van der Waals surface area contributed by atoms with Crippen LogP contribution in [-0.4, -0.2) is 262 Å². The van der Waals surface area contributed by atoms with Crippen LogP contribution in [0.5, 0.6) is 0 Å². The van der Waals surface area contributed by atoms with Crippen LogP contribution in [0.15, 0.2) is 12.2 Å². The Morgan fingerprint density at radius 1 is 0.608 bits per heavy atom. The SMILES string of the molecule is C=C1C[C@@]23CCC4[C@](C)(C(=O)OC5OC(CO)C(O)C(OC(O)(CO)CO)C5OC5OC(CO)C(O)[C@H](O)C5O)CCC[C@@]4(C)[C@@H]2CCC1(OC1OC(CO)C(O)C(OO)C1OC1OC(CO)C(O)C(O)C1O)C3. The molecule has 27 heteroatoms. The van der Waals surface area contributed by atoms with Crippen LogP contribution in [0.25, 0.3) is 0 Å². The van der Waals surface area contributed by atoms with Crippen molar-refractivity contribution in [3.05, 3.63) is 12.2 Å². The standard InChI is InChI=1S/C47H76O27/c1-19-11-45-9-5-24-43(2,25(45)6-10-46(19,16-45)73-41-37(35(74-64)29(57)23(15-51)68-41)70-39-33(61)31(59)27(55)21(13-49)66-39)7-4-8-44(24,3)42(62)71-40-36(69-38-32(60)30(58)26(54)20(12-48)65-38)34(28(56)22(14-50)67-40)72-47(63,17-52)18-53/h20-41,48-61,63-64H,1,4-18H2,2-3H3/t20?,21?,22?,23?,24?,25-,26?,27?,28?,29?,30-,31?,32?,33?,34?,35?,36?,37?,38?,39?,40?,41?,43+,44+,45+,46?/m0/s1. The first-order chi connectivity index (χ1) is 35.0. The van der Waals surface area contributed by atoms with Gasteiger partial charge in [-0.05, 0) is 86.5 Å². The maximum absolute atomic E-state index is 15.1. The van der Waals surface area contributed by atoms with Crippen molar-refractivity contribution in [2.24, 2.45) is 28.1 Å². The van der Waals surface area contributed by atoms with E-state index in [9.17, 15) is 81.9 Å².